The van der Waals surface area contributed by atoms with Gasteiger partial charge in [0.15, 0.2) is 0 Å². The van der Waals surface area contributed by atoms with Crippen LogP contribution in [0, 0.1) is 0 Å². The maximum absolute atomic E-state index is 5.62. The molecule has 1 N–H and O–H groups in total. The molecular formula is C14H30N2O. The molecule has 0 aromatic carbocycles. The minimum Gasteiger partial charge on any atom is -0.377 e. The van der Waals surface area contributed by atoms with Gasteiger partial charge in [0.1, 0.15) is 0 Å². The molecule has 1 atom stereocenters. The van der Waals surface area contributed by atoms with Gasteiger partial charge < -0.3 is 15.0 Å². The van der Waals surface area contributed by atoms with Crippen LogP contribution in [0.5, 0.6) is 0 Å². The van der Waals surface area contributed by atoms with E-state index in [4.69, 9.17) is 4.74 Å². The Hall–Kier alpha value is -0.120. The Morgan fingerprint density at radius 2 is 2.00 bits per heavy atom. The van der Waals surface area contributed by atoms with Gasteiger partial charge in [-0.2, -0.15) is 0 Å². The Balaban J connectivity index is 2.06. The smallest absolute Gasteiger partial charge is 0.0777 e. The molecule has 1 aliphatic rings. The third kappa shape index (κ3) is 5.84. The number of rotatable bonds is 8. The summed E-state index contributed by atoms with van der Waals surface area (Å²) in [5.41, 5.74) is 0.102. The molecule has 1 unspecified atom stereocenters. The van der Waals surface area contributed by atoms with Crippen molar-refractivity contribution in [3.05, 3.63) is 0 Å². The van der Waals surface area contributed by atoms with Gasteiger partial charge in [0.05, 0.1) is 5.60 Å². The molecule has 0 aromatic rings. The van der Waals surface area contributed by atoms with Crippen molar-refractivity contribution in [1.82, 2.24) is 10.2 Å². The maximum atomic E-state index is 5.62. The Morgan fingerprint density at radius 1 is 1.24 bits per heavy atom. The number of methoxy groups -OCH3 is 1. The highest BCUT2D eigenvalue weighted by atomic mass is 16.5. The fraction of sp³-hybridized carbons (Fsp3) is 1.00. The Labute approximate surface area is 107 Å². The van der Waals surface area contributed by atoms with Gasteiger partial charge in [0.25, 0.3) is 0 Å². The number of nitrogens with zero attached hydrogens (tertiary/aromatic N) is 1. The number of nitrogens with one attached hydrogen (secondary N) is 1. The molecular weight excluding hydrogens is 212 g/mol. The zero-order valence-corrected chi connectivity index (χ0v) is 11.9. The molecule has 102 valence electrons. The molecule has 3 nitrogen and oxygen atoms in total. The summed E-state index contributed by atoms with van der Waals surface area (Å²) in [7, 11) is 3.88. The summed E-state index contributed by atoms with van der Waals surface area (Å²) in [4.78, 5) is 2.57. The second-order valence-electron chi connectivity index (χ2n) is 5.55. The standard InChI is InChI=1S/C14H30N2O/c1-14(17-3)9-8-12-16(13-14)11-7-5-4-6-10-15-2/h15H,4-13H2,1-3H3. The van der Waals surface area contributed by atoms with E-state index in [0.29, 0.717) is 0 Å². The maximum Gasteiger partial charge on any atom is 0.0777 e. The minimum atomic E-state index is 0.102. The number of ether oxygens (including phenoxy) is 1. The van der Waals surface area contributed by atoms with Gasteiger partial charge in [0, 0.05) is 13.7 Å². The van der Waals surface area contributed by atoms with Crippen molar-refractivity contribution >= 4 is 0 Å². The summed E-state index contributed by atoms with van der Waals surface area (Å²) in [6, 6.07) is 0. The minimum absolute atomic E-state index is 0.102. The normalized spacial score (nSPS) is 26.3. The van der Waals surface area contributed by atoms with E-state index in [1.54, 1.807) is 0 Å². The number of hydrogen-bond acceptors (Lipinski definition) is 3. The van der Waals surface area contributed by atoms with E-state index in [9.17, 15) is 0 Å². The van der Waals surface area contributed by atoms with Crippen molar-refractivity contribution in [1.29, 1.82) is 0 Å². The van der Waals surface area contributed by atoms with Crippen LogP contribution in [0.2, 0.25) is 0 Å². The number of hydrogen-bond donors (Lipinski definition) is 1. The SMILES string of the molecule is CNCCCCCCN1CCCC(C)(OC)C1. The molecule has 1 fully saturated rings. The third-order valence-corrected chi connectivity index (χ3v) is 3.88. The predicted molar refractivity (Wildman–Crippen MR) is 73.5 cm³/mol. The van der Waals surface area contributed by atoms with Crippen LogP contribution in [0.1, 0.15) is 45.4 Å². The quantitative estimate of drug-likeness (QED) is 0.661. The van der Waals surface area contributed by atoms with Gasteiger partial charge in [-0.05, 0) is 59.3 Å². The zero-order valence-electron chi connectivity index (χ0n) is 11.9. The average Bonchev–Trinajstić information content (AvgIpc) is 2.34. The summed E-state index contributed by atoms with van der Waals surface area (Å²) in [6.45, 7) is 7.02. The van der Waals surface area contributed by atoms with Crippen molar-refractivity contribution in [2.45, 2.75) is 51.0 Å². The molecule has 3 heteroatoms. The summed E-state index contributed by atoms with van der Waals surface area (Å²) >= 11 is 0. The van der Waals surface area contributed by atoms with Crippen molar-refractivity contribution in [3.63, 3.8) is 0 Å². The topological polar surface area (TPSA) is 24.5 Å². The van der Waals surface area contributed by atoms with Gasteiger partial charge in [-0.1, -0.05) is 12.8 Å². The van der Waals surface area contributed by atoms with E-state index in [0.717, 1.165) is 13.1 Å². The first-order valence-electron chi connectivity index (χ1n) is 7.12. The largest absolute Gasteiger partial charge is 0.377 e. The summed E-state index contributed by atoms with van der Waals surface area (Å²) in [5.74, 6) is 0. The lowest BCUT2D eigenvalue weighted by atomic mass is 9.94. The molecule has 0 spiro atoms. The molecule has 17 heavy (non-hydrogen) atoms. The Morgan fingerprint density at radius 3 is 2.71 bits per heavy atom. The summed E-state index contributed by atoms with van der Waals surface area (Å²) < 4.78 is 5.62. The van der Waals surface area contributed by atoms with E-state index in [1.165, 1.54) is 51.6 Å². The molecule has 0 amide bonds. The first-order chi connectivity index (χ1) is 8.20. The van der Waals surface area contributed by atoms with E-state index in [2.05, 4.69) is 17.1 Å². The highest BCUT2D eigenvalue weighted by Crippen LogP contribution is 2.23. The van der Waals surface area contributed by atoms with Gasteiger partial charge in [-0.15, -0.1) is 0 Å². The first-order valence-corrected chi connectivity index (χ1v) is 7.12. The Bertz CT molecular complexity index is 199. The highest BCUT2D eigenvalue weighted by molar-refractivity contribution is 4.84. The average molecular weight is 242 g/mol. The lowest BCUT2D eigenvalue weighted by molar-refractivity contribution is -0.0508. The van der Waals surface area contributed by atoms with Crippen molar-refractivity contribution in [3.8, 4) is 0 Å². The van der Waals surface area contributed by atoms with Gasteiger partial charge in [0.2, 0.25) is 0 Å². The van der Waals surface area contributed by atoms with Crippen LogP contribution in [0.4, 0.5) is 0 Å². The monoisotopic (exact) mass is 242 g/mol. The summed E-state index contributed by atoms with van der Waals surface area (Å²) in [5, 5.41) is 3.20. The number of unbranched alkanes of at least 4 members (excludes halogenated alkanes) is 3. The van der Waals surface area contributed by atoms with E-state index < -0.39 is 0 Å². The fourth-order valence-corrected chi connectivity index (χ4v) is 2.66. The van der Waals surface area contributed by atoms with Crippen LogP contribution in [0.25, 0.3) is 0 Å². The molecule has 0 radical (unpaired) electrons. The zero-order chi connectivity index (χ0) is 12.6. The van der Waals surface area contributed by atoms with Gasteiger partial charge in [-0.3, -0.25) is 0 Å². The van der Waals surface area contributed by atoms with Crippen molar-refractivity contribution in [2.75, 3.05) is 40.3 Å². The van der Waals surface area contributed by atoms with Crippen LogP contribution in [0.15, 0.2) is 0 Å². The van der Waals surface area contributed by atoms with Crippen LogP contribution in [0.3, 0.4) is 0 Å². The molecule has 0 aromatic heterocycles. The first kappa shape index (κ1) is 14.9. The van der Waals surface area contributed by atoms with Crippen LogP contribution in [-0.4, -0.2) is 50.8 Å². The van der Waals surface area contributed by atoms with Crippen LogP contribution < -0.4 is 5.32 Å². The Kier molecular flexibility index (Phi) is 7.09. The highest BCUT2D eigenvalue weighted by Gasteiger charge is 2.30. The number of piperidine rings is 1. The molecule has 1 heterocycles. The van der Waals surface area contributed by atoms with Gasteiger partial charge >= 0.3 is 0 Å². The molecule has 1 saturated heterocycles. The summed E-state index contributed by atoms with van der Waals surface area (Å²) in [6.07, 6.45) is 7.86. The second-order valence-corrected chi connectivity index (χ2v) is 5.55. The van der Waals surface area contributed by atoms with Crippen LogP contribution in [-0.2, 0) is 4.74 Å². The fourth-order valence-electron chi connectivity index (χ4n) is 2.66. The molecule has 1 aliphatic heterocycles. The van der Waals surface area contributed by atoms with E-state index >= 15 is 0 Å². The van der Waals surface area contributed by atoms with E-state index in [-0.39, 0.29) is 5.60 Å². The number of likely N-dealkylation sites (tertiary alicyclic amines) is 1. The van der Waals surface area contributed by atoms with Crippen molar-refractivity contribution < 1.29 is 4.74 Å². The molecule has 0 bridgehead atoms. The second kappa shape index (κ2) is 8.06. The molecule has 1 rings (SSSR count). The molecule has 0 saturated carbocycles. The third-order valence-electron chi connectivity index (χ3n) is 3.88. The van der Waals surface area contributed by atoms with E-state index in [1.807, 2.05) is 14.2 Å². The van der Waals surface area contributed by atoms with Crippen molar-refractivity contribution in [2.24, 2.45) is 0 Å². The predicted octanol–water partition coefficient (Wildman–Crippen LogP) is 2.27. The lowest BCUT2D eigenvalue weighted by Crippen LogP contribution is -2.47. The molecule has 0 aliphatic carbocycles. The lowest BCUT2D eigenvalue weighted by Gasteiger charge is -2.39. The van der Waals surface area contributed by atoms with Crippen LogP contribution >= 0.6 is 0 Å². The van der Waals surface area contributed by atoms with Gasteiger partial charge in [-0.25, -0.2) is 0 Å².